The van der Waals surface area contributed by atoms with Gasteiger partial charge in [-0.3, -0.25) is 0 Å². The number of rotatable bonds is 6. The van der Waals surface area contributed by atoms with Crippen molar-refractivity contribution in [3.63, 3.8) is 0 Å². The van der Waals surface area contributed by atoms with E-state index in [4.69, 9.17) is 0 Å². The Balaban J connectivity index is 1.27. The Morgan fingerprint density at radius 3 is 0.721 bits per heavy atom. The minimum Gasteiger partial charge on any atom is -0.0537 e. The highest BCUT2D eigenvalue weighted by Gasteiger charge is 2.30. The summed E-state index contributed by atoms with van der Waals surface area (Å²) in [7, 11) is -0.0729. The van der Waals surface area contributed by atoms with Gasteiger partial charge in [-0.1, -0.05) is 133 Å². The van der Waals surface area contributed by atoms with Crippen molar-refractivity contribution in [2.45, 2.75) is 167 Å². The summed E-state index contributed by atoms with van der Waals surface area (Å²) in [6.07, 6.45) is 29.5. The van der Waals surface area contributed by atoms with Gasteiger partial charge in [-0.2, -0.15) is 0 Å². The molecule has 1 heteroatoms. The quantitative estimate of drug-likeness (QED) is 0.249. The first-order valence-corrected chi connectivity index (χ1v) is 19.6. The molecule has 6 rings (SSSR count). The second-order valence-electron chi connectivity index (χ2n) is 14.1. The monoisotopic (exact) mass is 593 g/mol. The minimum absolute atomic E-state index is 0.0729. The van der Waals surface area contributed by atoms with Crippen molar-refractivity contribution in [2.24, 2.45) is 0 Å². The summed E-state index contributed by atoms with van der Waals surface area (Å²) in [5.41, 5.74) is 4.73. The molecule has 3 aromatic rings. The molecule has 3 aliphatic rings. The summed E-state index contributed by atoms with van der Waals surface area (Å²) in [4.78, 5) is 4.44. The first-order chi connectivity index (χ1) is 21.3. The number of benzene rings is 3. The van der Waals surface area contributed by atoms with Gasteiger partial charge in [0.05, 0.1) is 10.9 Å². The summed E-state index contributed by atoms with van der Waals surface area (Å²) in [6.45, 7) is 0. The third-order valence-electron chi connectivity index (χ3n) is 11.1. The molecule has 0 radical (unpaired) electrons. The molecule has 0 unspecified atom stereocenters. The summed E-state index contributed by atoms with van der Waals surface area (Å²) in [5, 5.41) is 0. The van der Waals surface area contributed by atoms with Crippen molar-refractivity contribution in [1.29, 1.82) is 0 Å². The van der Waals surface area contributed by atoms with Crippen LogP contribution >= 0.6 is 0 Å². The van der Waals surface area contributed by atoms with Crippen molar-refractivity contribution in [3.8, 4) is 0 Å². The van der Waals surface area contributed by atoms with E-state index in [1.807, 2.05) is 0 Å². The molecule has 0 aromatic heterocycles. The van der Waals surface area contributed by atoms with E-state index < -0.39 is 0 Å². The van der Waals surface area contributed by atoms with Gasteiger partial charge in [0.15, 0.2) is 14.7 Å². The topological polar surface area (TPSA) is 0 Å². The fourth-order valence-corrected chi connectivity index (χ4v) is 10.4. The second kappa shape index (κ2) is 16.4. The van der Waals surface area contributed by atoms with Gasteiger partial charge in [0, 0.05) is 0 Å². The van der Waals surface area contributed by atoms with E-state index in [1.165, 1.54) is 150 Å². The molecule has 3 saturated carbocycles. The van der Waals surface area contributed by atoms with Gasteiger partial charge < -0.3 is 0 Å². The summed E-state index contributed by atoms with van der Waals surface area (Å²) in [6, 6.07) is 29.9. The Kier molecular flexibility index (Phi) is 11.8. The van der Waals surface area contributed by atoms with E-state index in [9.17, 15) is 0 Å². The fourth-order valence-electron chi connectivity index (χ4n) is 8.40. The fraction of sp³-hybridized carbons (Fsp3) is 0.571. The first-order valence-electron chi connectivity index (χ1n) is 18.4. The lowest BCUT2D eigenvalue weighted by atomic mass is 9.86. The van der Waals surface area contributed by atoms with E-state index in [2.05, 4.69) is 72.8 Å². The SMILES string of the molecule is c1cc([S+](c2ccc(C3CCCCCCC3)cc2)c2ccc(C3CCCCCCC3)cc2)ccc1C1CCCCCCC1. The van der Waals surface area contributed by atoms with Crippen molar-refractivity contribution < 1.29 is 0 Å². The van der Waals surface area contributed by atoms with Crippen molar-refractivity contribution in [3.05, 3.63) is 89.5 Å². The van der Waals surface area contributed by atoms with Crippen LogP contribution in [0.5, 0.6) is 0 Å². The van der Waals surface area contributed by atoms with Crippen LogP contribution in [0.4, 0.5) is 0 Å². The minimum atomic E-state index is -0.0729. The summed E-state index contributed by atoms with van der Waals surface area (Å²) < 4.78 is 0. The summed E-state index contributed by atoms with van der Waals surface area (Å²) in [5.74, 6) is 2.26. The maximum Gasteiger partial charge on any atom is 0.166 e. The number of hydrogen-bond donors (Lipinski definition) is 0. The largest absolute Gasteiger partial charge is 0.166 e. The Hall–Kier alpha value is -1.99. The Morgan fingerprint density at radius 1 is 0.279 bits per heavy atom. The van der Waals surface area contributed by atoms with Crippen LogP contribution in [0, 0.1) is 0 Å². The molecular weight excluding hydrogens is 537 g/mol. The zero-order valence-electron chi connectivity index (χ0n) is 26.9. The predicted molar refractivity (Wildman–Crippen MR) is 187 cm³/mol. The Bertz CT molecular complexity index is 1030. The zero-order valence-corrected chi connectivity index (χ0v) is 27.7. The lowest BCUT2D eigenvalue weighted by Gasteiger charge is -2.21. The Labute approximate surface area is 266 Å². The molecule has 3 aromatic carbocycles. The molecule has 3 aliphatic carbocycles. The van der Waals surface area contributed by atoms with Crippen LogP contribution in [0.2, 0.25) is 0 Å². The molecule has 0 atom stereocenters. The predicted octanol–water partition coefficient (Wildman–Crippen LogP) is 13.3. The molecule has 0 amide bonds. The molecule has 0 aliphatic heterocycles. The van der Waals surface area contributed by atoms with Gasteiger partial charge in [-0.15, -0.1) is 0 Å². The lowest BCUT2D eigenvalue weighted by Crippen LogP contribution is -2.08. The summed E-state index contributed by atoms with van der Waals surface area (Å²) >= 11 is 0. The van der Waals surface area contributed by atoms with Gasteiger partial charge in [-0.25, -0.2) is 0 Å². The van der Waals surface area contributed by atoms with Crippen LogP contribution in [0.1, 0.15) is 169 Å². The first kappa shape index (κ1) is 31.0. The average molecular weight is 594 g/mol. The van der Waals surface area contributed by atoms with Crippen LogP contribution in [-0.4, -0.2) is 0 Å². The molecule has 0 N–H and O–H groups in total. The number of hydrogen-bond acceptors (Lipinski definition) is 0. The molecule has 0 heterocycles. The van der Waals surface area contributed by atoms with Crippen molar-refractivity contribution >= 4 is 10.9 Å². The van der Waals surface area contributed by atoms with Crippen LogP contribution in [0.25, 0.3) is 0 Å². The van der Waals surface area contributed by atoms with Crippen LogP contribution in [-0.2, 0) is 10.9 Å². The van der Waals surface area contributed by atoms with Crippen LogP contribution < -0.4 is 0 Å². The smallest absolute Gasteiger partial charge is 0.0537 e. The molecule has 0 spiro atoms. The highest BCUT2D eigenvalue weighted by molar-refractivity contribution is 7.97. The third kappa shape index (κ3) is 8.59. The van der Waals surface area contributed by atoms with E-state index in [-0.39, 0.29) is 10.9 Å². The Morgan fingerprint density at radius 2 is 0.488 bits per heavy atom. The molecule has 0 bridgehead atoms. The maximum atomic E-state index is 2.49. The lowest BCUT2D eigenvalue weighted by molar-refractivity contribution is 0.455. The van der Waals surface area contributed by atoms with Crippen LogP contribution in [0.3, 0.4) is 0 Å². The van der Waals surface area contributed by atoms with Gasteiger partial charge >= 0.3 is 0 Å². The van der Waals surface area contributed by atoms with Crippen molar-refractivity contribution in [1.82, 2.24) is 0 Å². The van der Waals surface area contributed by atoms with E-state index in [0.717, 1.165) is 17.8 Å². The average Bonchev–Trinajstić information content (AvgIpc) is 2.99. The molecule has 43 heavy (non-hydrogen) atoms. The van der Waals surface area contributed by atoms with E-state index in [1.54, 1.807) is 16.7 Å². The van der Waals surface area contributed by atoms with Gasteiger partial charge in [0.1, 0.15) is 0 Å². The normalized spacial score (nSPS) is 20.9. The van der Waals surface area contributed by atoms with Gasteiger partial charge in [0.25, 0.3) is 0 Å². The molecule has 0 nitrogen and oxygen atoms in total. The second-order valence-corrected chi connectivity index (χ2v) is 16.2. The standard InChI is InChI=1S/C42H57S/c1-4-10-16-34(17-11-5-1)37-22-28-40(29-23-37)43(41-30-24-38(25-31-41)35-18-12-6-2-7-13-19-35)42-32-26-39(27-33-42)36-20-14-8-3-9-15-21-36/h22-36H,1-21H2/q+1. The van der Waals surface area contributed by atoms with Crippen molar-refractivity contribution in [2.75, 3.05) is 0 Å². The molecule has 3 fully saturated rings. The zero-order chi connectivity index (χ0) is 29.1. The molecule has 230 valence electrons. The highest BCUT2D eigenvalue weighted by Crippen LogP contribution is 2.38. The maximum absolute atomic E-state index is 2.49. The highest BCUT2D eigenvalue weighted by atomic mass is 32.2. The third-order valence-corrected chi connectivity index (χ3v) is 13.3. The van der Waals surface area contributed by atoms with E-state index in [0.29, 0.717) is 0 Å². The van der Waals surface area contributed by atoms with Crippen LogP contribution in [0.15, 0.2) is 87.5 Å². The molecule has 0 saturated heterocycles. The van der Waals surface area contributed by atoms with E-state index >= 15 is 0 Å². The molecular formula is C42H57S+. The van der Waals surface area contributed by atoms with Gasteiger partial charge in [0.2, 0.25) is 0 Å². The van der Waals surface area contributed by atoms with Gasteiger partial charge in [-0.05, 0) is 109 Å².